The van der Waals surface area contributed by atoms with Crippen molar-refractivity contribution in [1.82, 2.24) is 9.88 Å². The minimum absolute atomic E-state index is 0.0144. The number of aryl methyl sites for hydroxylation is 1. The number of esters is 1. The Labute approximate surface area is 229 Å². The highest BCUT2D eigenvalue weighted by Gasteiger charge is 2.34. The minimum Gasteiger partial charge on any atom is -0.507 e. The summed E-state index contributed by atoms with van der Waals surface area (Å²) in [4.78, 5) is 19.9. The van der Waals surface area contributed by atoms with E-state index in [-0.39, 0.29) is 23.8 Å². The number of hydrogen-bond donors (Lipinski definition) is 1. The van der Waals surface area contributed by atoms with E-state index in [9.17, 15) is 9.90 Å². The fourth-order valence-electron chi connectivity index (χ4n) is 5.56. The van der Waals surface area contributed by atoms with Gasteiger partial charge in [-0.3, -0.25) is 9.88 Å². The number of likely N-dealkylation sites (tertiary alicyclic amines) is 1. The summed E-state index contributed by atoms with van der Waals surface area (Å²) in [6.45, 7) is 12.5. The lowest BCUT2D eigenvalue weighted by Gasteiger charge is -2.36. The van der Waals surface area contributed by atoms with Gasteiger partial charge in [0.2, 0.25) is 0 Å². The number of nitrogens with zero attached hydrogens (tertiary/aromatic N) is 2. The number of piperidine rings is 1. The molecule has 206 valence electrons. The number of hydrogen-bond acceptors (Lipinski definition) is 7. The monoisotopic (exact) mass is 530 g/mol. The molecule has 0 bridgehead atoms. The summed E-state index contributed by atoms with van der Waals surface area (Å²) in [7, 11) is 0. The maximum Gasteiger partial charge on any atom is 0.342 e. The summed E-state index contributed by atoms with van der Waals surface area (Å²) in [5, 5.41) is 14.1. The van der Waals surface area contributed by atoms with Gasteiger partial charge in [-0.1, -0.05) is 27.2 Å². The molecule has 5 rings (SSSR count). The van der Waals surface area contributed by atoms with E-state index in [1.54, 1.807) is 26.2 Å². The molecule has 1 fully saturated rings. The number of aromatic nitrogens is 1. The molecule has 1 atom stereocenters. The summed E-state index contributed by atoms with van der Waals surface area (Å²) in [5.74, 6) is 0.811. The number of pyridine rings is 1. The topological polar surface area (TPSA) is 85.0 Å². The van der Waals surface area contributed by atoms with E-state index < -0.39 is 5.97 Å². The molecule has 3 heterocycles. The molecule has 1 aliphatic heterocycles. The molecule has 0 amide bonds. The molecular weight excluding hydrogens is 492 g/mol. The molecule has 2 aromatic carbocycles. The quantitative estimate of drug-likeness (QED) is 0.254. The van der Waals surface area contributed by atoms with E-state index in [1.165, 1.54) is 6.42 Å². The first kappa shape index (κ1) is 27.0. The van der Waals surface area contributed by atoms with Crippen LogP contribution >= 0.6 is 0 Å². The SMILES string of the molecule is CCOC(=O)c1c(C)oc2c1c(C(c1ccncc1)N1CCCCC1)c(O)c1cc(OCC(C)(C)C)ccc12. The second kappa shape index (κ2) is 10.9. The normalized spacial score (nSPS) is 15.5. The smallest absolute Gasteiger partial charge is 0.342 e. The van der Waals surface area contributed by atoms with Crippen LogP contribution in [0.5, 0.6) is 11.5 Å². The van der Waals surface area contributed by atoms with Crippen molar-refractivity contribution >= 4 is 27.7 Å². The molecule has 7 heteroatoms. The van der Waals surface area contributed by atoms with Gasteiger partial charge in [0, 0.05) is 34.1 Å². The van der Waals surface area contributed by atoms with Gasteiger partial charge < -0.3 is 19.0 Å². The number of benzene rings is 2. The Morgan fingerprint density at radius 2 is 1.82 bits per heavy atom. The molecule has 0 aliphatic carbocycles. The Morgan fingerprint density at radius 3 is 2.49 bits per heavy atom. The molecule has 1 aliphatic rings. The van der Waals surface area contributed by atoms with Crippen LogP contribution in [0.1, 0.15) is 80.2 Å². The number of ether oxygens (including phenoxy) is 2. The summed E-state index contributed by atoms with van der Waals surface area (Å²) in [6, 6.07) is 9.33. The van der Waals surface area contributed by atoms with E-state index in [0.717, 1.165) is 36.9 Å². The highest BCUT2D eigenvalue weighted by molar-refractivity contribution is 6.17. The predicted octanol–water partition coefficient (Wildman–Crippen LogP) is 7.17. The van der Waals surface area contributed by atoms with Crippen molar-refractivity contribution in [3.63, 3.8) is 0 Å². The highest BCUT2D eigenvalue weighted by atomic mass is 16.5. The predicted molar refractivity (Wildman–Crippen MR) is 153 cm³/mol. The van der Waals surface area contributed by atoms with E-state index in [1.807, 2.05) is 30.3 Å². The lowest BCUT2D eigenvalue weighted by Crippen LogP contribution is -2.34. The summed E-state index contributed by atoms with van der Waals surface area (Å²) in [6.07, 6.45) is 6.85. The maximum atomic E-state index is 13.3. The van der Waals surface area contributed by atoms with Crippen LogP contribution in [0.2, 0.25) is 0 Å². The standard InChI is InChI=1S/C32H38N2O5/c1-6-37-31(36)25-20(2)39-30-23-11-10-22(38-19-32(3,4)5)18-24(23)29(35)27(26(25)30)28(21-12-14-33-15-13-21)34-16-8-7-9-17-34/h10-15,18,28,35H,6-9,16-17,19H2,1-5H3. The Kier molecular flexibility index (Phi) is 7.54. The fourth-order valence-corrected chi connectivity index (χ4v) is 5.56. The van der Waals surface area contributed by atoms with Crippen LogP contribution in [0.25, 0.3) is 21.7 Å². The Hall–Kier alpha value is -3.58. The molecular formula is C32H38N2O5. The van der Waals surface area contributed by atoms with Gasteiger partial charge in [-0.05, 0) is 81.1 Å². The van der Waals surface area contributed by atoms with Gasteiger partial charge in [0.25, 0.3) is 0 Å². The van der Waals surface area contributed by atoms with Crippen LogP contribution < -0.4 is 4.74 Å². The Balaban J connectivity index is 1.83. The minimum atomic E-state index is -0.453. The van der Waals surface area contributed by atoms with Crippen molar-refractivity contribution in [2.24, 2.45) is 5.41 Å². The van der Waals surface area contributed by atoms with Gasteiger partial charge in [0.1, 0.15) is 28.4 Å². The van der Waals surface area contributed by atoms with Crippen LogP contribution in [0.3, 0.4) is 0 Å². The molecule has 1 N–H and O–H groups in total. The average Bonchev–Trinajstić information content (AvgIpc) is 3.27. The van der Waals surface area contributed by atoms with Crippen LogP contribution in [0.4, 0.5) is 0 Å². The lowest BCUT2D eigenvalue weighted by atomic mass is 9.88. The molecule has 4 aromatic rings. The zero-order chi connectivity index (χ0) is 27.7. The van der Waals surface area contributed by atoms with Crippen molar-refractivity contribution in [2.45, 2.75) is 59.9 Å². The van der Waals surface area contributed by atoms with E-state index in [4.69, 9.17) is 13.9 Å². The van der Waals surface area contributed by atoms with Gasteiger partial charge in [-0.2, -0.15) is 0 Å². The van der Waals surface area contributed by atoms with E-state index >= 15 is 0 Å². The van der Waals surface area contributed by atoms with Crippen LogP contribution in [-0.2, 0) is 4.74 Å². The lowest BCUT2D eigenvalue weighted by molar-refractivity contribution is 0.0526. The molecule has 0 radical (unpaired) electrons. The third kappa shape index (κ3) is 5.33. The third-order valence-electron chi connectivity index (χ3n) is 7.30. The number of phenolic OH excluding ortho intramolecular Hbond substituents is 1. The van der Waals surface area contributed by atoms with Crippen molar-refractivity contribution < 1.29 is 23.8 Å². The van der Waals surface area contributed by atoms with Crippen molar-refractivity contribution in [1.29, 1.82) is 0 Å². The van der Waals surface area contributed by atoms with Gasteiger partial charge >= 0.3 is 5.97 Å². The van der Waals surface area contributed by atoms with Gasteiger partial charge in [0.05, 0.1) is 19.3 Å². The maximum absolute atomic E-state index is 13.3. The number of phenols is 1. The molecule has 2 aromatic heterocycles. The molecule has 0 spiro atoms. The van der Waals surface area contributed by atoms with Crippen LogP contribution in [0.15, 0.2) is 47.1 Å². The number of furan rings is 1. The van der Waals surface area contributed by atoms with Crippen molar-refractivity contribution in [3.05, 3.63) is 65.2 Å². The summed E-state index contributed by atoms with van der Waals surface area (Å²) < 4.78 is 17.9. The van der Waals surface area contributed by atoms with Crippen molar-refractivity contribution in [2.75, 3.05) is 26.3 Å². The zero-order valence-corrected chi connectivity index (χ0v) is 23.5. The number of carbonyl (C=O) groups is 1. The first-order valence-corrected chi connectivity index (χ1v) is 13.8. The molecule has 0 saturated carbocycles. The number of carbonyl (C=O) groups excluding carboxylic acids is 1. The first-order valence-electron chi connectivity index (χ1n) is 13.8. The van der Waals surface area contributed by atoms with Crippen molar-refractivity contribution in [3.8, 4) is 11.5 Å². The largest absolute Gasteiger partial charge is 0.507 e. The van der Waals surface area contributed by atoms with Crippen LogP contribution in [0, 0.1) is 12.3 Å². The van der Waals surface area contributed by atoms with Crippen LogP contribution in [-0.4, -0.2) is 47.3 Å². The second-order valence-electron chi connectivity index (χ2n) is 11.6. The first-order chi connectivity index (χ1) is 18.7. The van der Waals surface area contributed by atoms with Gasteiger partial charge in [-0.25, -0.2) is 4.79 Å². The third-order valence-corrected chi connectivity index (χ3v) is 7.30. The Morgan fingerprint density at radius 1 is 1.10 bits per heavy atom. The Bertz CT molecular complexity index is 1480. The molecule has 7 nitrogen and oxygen atoms in total. The van der Waals surface area contributed by atoms with E-state index in [0.29, 0.717) is 45.6 Å². The molecule has 39 heavy (non-hydrogen) atoms. The summed E-state index contributed by atoms with van der Waals surface area (Å²) >= 11 is 0. The number of fused-ring (bicyclic) bond motifs is 3. The highest BCUT2D eigenvalue weighted by Crippen LogP contribution is 2.48. The second-order valence-corrected chi connectivity index (χ2v) is 11.6. The fraction of sp³-hybridized carbons (Fsp3) is 0.438. The average molecular weight is 531 g/mol. The molecule has 1 unspecified atom stereocenters. The van der Waals surface area contributed by atoms with Gasteiger partial charge in [0.15, 0.2) is 0 Å². The van der Waals surface area contributed by atoms with E-state index in [2.05, 4.69) is 30.7 Å². The zero-order valence-electron chi connectivity index (χ0n) is 23.5. The number of rotatable bonds is 7. The summed E-state index contributed by atoms with van der Waals surface area (Å²) in [5.41, 5.74) is 2.56. The van der Waals surface area contributed by atoms with Gasteiger partial charge in [-0.15, -0.1) is 0 Å². The number of aromatic hydroxyl groups is 1. The molecule has 1 saturated heterocycles.